The van der Waals surface area contributed by atoms with Crippen LogP contribution in [0.3, 0.4) is 0 Å². The molecule has 0 unspecified atom stereocenters. The van der Waals surface area contributed by atoms with Gasteiger partial charge in [-0.2, -0.15) is 4.98 Å². The molecule has 32 heavy (non-hydrogen) atoms. The number of nitrogens with one attached hydrogen (secondary N) is 3. The highest BCUT2D eigenvalue weighted by Gasteiger charge is 2.23. The molecule has 0 saturated heterocycles. The second kappa shape index (κ2) is 9.33. The van der Waals surface area contributed by atoms with Crippen LogP contribution in [0.25, 0.3) is 10.9 Å². The lowest BCUT2D eigenvalue weighted by Gasteiger charge is -2.30. The number of anilines is 3. The fraction of sp³-hybridized carbons (Fsp3) is 0.348. The summed E-state index contributed by atoms with van der Waals surface area (Å²) >= 11 is 0. The van der Waals surface area contributed by atoms with Crippen LogP contribution in [0.1, 0.15) is 25.7 Å². The lowest BCUT2D eigenvalue weighted by molar-refractivity contribution is 0.243. The lowest BCUT2D eigenvalue weighted by atomic mass is 9.91. The Kier molecular flexibility index (Phi) is 6.34. The van der Waals surface area contributed by atoms with Crippen LogP contribution in [0.15, 0.2) is 42.5 Å². The van der Waals surface area contributed by atoms with Gasteiger partial charge in [-0.1, -0.05) is 12.1 Å². The molecule has 168 valence electrons. The number of aromatic nitrogens is 2. The molecule has 3 N–H and O–H groups in total. The first-order valence-electron chi connectivity index (χ1n) is 10.6. The van der Waals surface area contributed by atoms with E-state index in [2.05, 4.69) is 25.9 Å². The van der Waals surface area contributed by atoms with E-state index >= 15 is 0 Å². The van der Waals surface area contributed by atoms with Gasteiger partial charge in [-0.15, -0.1) is 0 Å². The molecule has 3 aromatic rings. The van der Waals surface area contributed by atoms with Gasteiger partial charge < -0.3 is 20.9 Å². The van der Waals surface area contributed by atoms with Gasteiger partial charge in [0.2, 0.25) is 5.95 Å². The molecule has 1 aliphatic rings. The zero-order valence-electron chi connectivity index (χ0n) is 18.0. The minimum absolute atomic E-state index is 0.0127. The van der Waals surface area contributed by atoms with E-state index in [0.717, 1.165) is 60.6 Å². The summed E-state index contributed by atoms with van der Waals surface area (Å²) < 4.78 is 26.6. The molecule has 0 radical (unpaired) electrons. The number of carbonyl (C=O) groups excluding carboxylic acids is 1. The van der Waals surface area contributed by atoms with Gasteiger partial charge in [0, 0.05) is 43.3 Å². The summed E-state index contributed by atoms with van der Waals surface area (Å²) in [5.74, 6) is -0.0194. The second-order valence-electron chi connectivity index (χ2n) is 8.23. The smallest absolute Gasteiger partial charge is 0.319 e. The van der Waals surface area contributed by atoms with Crippen molar-refractivity contribution in [2.24, 2.45) is 0 Å². The number of nitrogens with zero attached hydrogens (tertiary/aromatic N) is 3. The Hall–Kier alpha value is -3.49. The Labute approximate surface area is 185 Å². The third-order valence-corrected chi connectivity index (χ3v) is 5.52. The molecule has 1 saturated carbocycles. The summed E-state index contributed by atoms with van der Waals surface area (Å²) in [5.41, 5.74) is 0.968. The summed E-state index contributed by atoms with van der Waals surface area (Å²) in [7, 11) is 3.91. The van der Waals surface area contributed by atoms with E-state index < -0.39 is 17.7 Å². The number of hydrogen-bond acceptors (Lipinski definition) is 5. The zero-order chi connectivity index (χ0) is 22.7. The molecular formula is C23H26F2N6O. The zero-order valence-corrected chi connectivity index (χ0v) is 18.0. The maximum absolute atomic E-state index is 13.3. The predicted octanol–water partition coefficient (Wildman–Crippen LogP) is 4.52. The van der Waals surface area contributed by atoms with Crippen molar-refractivity contribution in [2.75, 3.05) is 29.6 Å². The summed E-state index contributed by atoms with van der Waals surface area (Å²) in [5, 5.41) is 9.80. The molecule has 4 rings (SSSR count). The van der Waals surface area contributed by atoms with Crippen molar-refractivity contribution in [1.82, 2.24) is 15.3 Å². The first-order chi connectivity index (χ1) is 15.4. The molecule has 0 spiro atoms. The monoisotopic (exact) mass is 440 g/mol. The third-order valence-electron chi connectivity index (χ3n) is 5.52. The molecule has 1 heterocycles. The van der Waals surface area contributed by atoms with E-state index in [1.54, 1.807) is 0 Å². The largest absolute Gasteiger partial charge is 0.362 e. The standard InChI is InChI=1S/C23H26F2N6O/c1-31(2)21-19-5-3-4-6-20(19)29-22(30-21)26-16-7-9-17(10-8-16)27-23(32)28-18-12-14(24)11-15(25)13-18/h3-6,11-13,16-17H,7-10H2,1-2H3,(H,26,29,30)(H2,27,28,32)/t16-,17+. The molecule has 1 aliphatic carbocycles. The summed E-state index contributed by atoms with van der Waals surface area (Å²) in [4.78, 5) is 23.5. The number of hydrogen-bond donors (Lipinski definition) is 3. The van der Waals surface area contributed by atoms with E-state index in [1.165, 1.54) is 0 Å². The number of carbonyl (C=O) groups is 1. The molecule has 0 aliphatic heterocycles. The number of amides is 2. The van der Waals surface area contributed by atoms with Crippen molar-refractivity contribution in [1.29, 1.82) is 0 Å². The van der Waals surface area contributed by atoms with E-state index in [4.69, 9.17) is 0 Å². The number of halogens is 2. The summed E-state index contributed by atoms with van der Waals surface area (Å²) in [6.07, 6.45) is 3.23. The first kappa shape index (κ1) is 21.7. The number of benzene rings is 2. The molecule has 1 aromatic heterocycles. The van der Waals surface area contributed by atoms with Crippen molar-refractivity contribution in [3.63, 3.8) is 0 Å². The molecule has 9 heteroatoms. The third kappa shape index (κ3) is 5.22. The molecule has 0 bridgehead atoms. The Morgan fingerprint density at radius 1 is 0.969 bits per heavy atom. The fourth-order valence-electron chi connectivity index (χ4n) is 4.01. The summed E-state index contributed by atoms with van der Waals surface area (Å²) in [6, 6.07) is 10.5. The molecule has 1 fully saturated rings. The van der Waals surface area contributed by atoms with E-state index in [-0.39, 0.29) is 17.8 Å². The lowest BCUT2D eigenvalue weighted by Crippen LogP contribution is -2.42. The van der Waals surface area contributed by atoms with Crippen molar-refractivity contribution < 1.29 is 13.6 Å². The molecular weight excluding hydrogens is 414 g/mol. The van der Waals surface area contributed by atoms with Gasteiger partial charge in [0.15, 0.2) is 0 Å². The van der Waals surface area contributed by atoms with Crippen molar-refractivity contribution >= 4 is 34.4 Å². The van der Waals surface area contributed by atoms with Crippen LogP contribution in [0.4, 0.5) is 31.0 Å². The quantitative estimate of drug-likeness (QED) is 0.544. The predicted molar refractivity (Wildman–Crippen MR) is 122 cm³/mol. The van der Waals surface area contributed by atoms with Gasteiger partial charge in [0.1, 0.15) is 17.5 Å². The van der Waals surface area contributed by atoms with E-state index in [0.29, 0.717) is 5.95 Å². The number of para-hydroxylation sites is 1. The van der Waals surface area contributed by atoms with Crippen molar-refractivity contribution in [3.05, 3.63) is 54.1 Å². The number of rotatable bonds is 5. The molecule has 0 atom stereocenters. The van der Waals surface area contributed by atoms with Gasteiger partial charge in [0.25, 0.3) is 0 Å². The molecule has 7 nitrogen and oxygen atoms in total. The highest BCUT2D eigenvalue weighted by atomic mass is 19.1. The van der Waals surface area contributed by atoms with Gasteiger partial charge in [-0.05, 0) is 49.9 Å². The van der Waals surface area contributed by atoms with Gasteiger partial charge in [0.05, 0.1) is 5.52 Å². The highest BCUT2D eigenvalue weighted by molar-refractivity contribution is 5.90. The average molecular weight is 440 g/mol. The SMILES string of the molecule is CN(C)c1nc(N[C@H]2CC[C@@H](NC(=O)Nc3cc(F)cc(F)c3)CC2)nc2ccccc12. The highest BCUT2D eigenvalue weighted by Crippen LogP contribution is 2.26. The van der Waals surface area contributed by atoms with Gasteiger partial charge >= 0.3 is 6.03 Å². The molecule has 2 aromatic carbocycles. The Bertz CT molecular complexity index is 1090. The Morgan fingerprint density at radius 3 is 2.31 bits per heavy atom. The van der Waals surface area contributed by atoms with Crippen LogP contribution in [-0.2, 0) is 0 Å². The van der Waals surface area contributed by atoms with Crippen LogP contribution in [0, 0.1) is 11.6 Å². The van der Waals surface area contributed by atoms with E-state index in [9.17, 15) is 13.6 Å². The number of fused-ring (bicyclic) bond motifs is 1. The second-order valence-corrected chi connectivity index (χ2v) is 8.23. The van der Waals surface area contributed by atoms with Crippen LogP contribution in [0.5, 0.6) is 0 Å². The van der Waals surface area contributed by atoms with Crippen LogP contribution in [-0.4, -0.2) is 42.2 Å². The Balaban J connectivity index is 1.32. The van der Waals surface area contributed by atoms with E-state index in [1.807, 2.05) is 43.3 Å². The average Bonchev–Trinajstić information content (AvgIpc) is 2.73. The number of urea groups is 1. The van der Waals surface area contributed by atoms with Crippen LogP contribution < -0.4 is 20.9 Å². The van der Waals surface area contributed by atoms with Gasteiger partial charge in [-0.3, -0.25) is 0 Å². The topological polar surface area (TPSA) is 82.2 Å². The molecule has 2 amide bonds. The Morgan fingerprint density at radius 2 is 1.62 bits per heavy atom. The van der Waals surface area contributed by atoms with Crippen LogP contribution in [0.2, 0.25) is 0 Å². The minimum Gasteiger partial charge on any atom is -0.362 e. The first-order valence-corrected chi connectivity index (χ1v) is 10.6. The maximum Gasteiger partial charge on any atom is 0.319 e. The minimum atomic E-state index is -0.736. The fourth-order valence-corrected chi connectivity index (χ4v) is 4.01. The normalized spacial score (nSPS) is 18.2. The van der Waals surface area contributed by atoms with Gasteiger partial charge in [-0.25, -0.2) is 18.6 Å². The van der Waals surface area contributed by atoms with Crippen LogP contribution >= 0.6 is 0 Å². The maximum atomic E-state index is 13.3. The summed E-state index contributed by atoms with van der Waals surface area (Å²) in [6.45, 7) is 0. The van der Waals surface area contributed by atoms with Crippen molar-refractivity contribution in [2.45, 2.75) is 37.8 Å². The van der Waals surface area contributed by atoms with Crippen molar-refractivity contribution in [3.8, 4) is 0 Å².